The maximum absolute atomic E-state index is 12.6. The van der Waals surface area contributed by atoms with Gasteiger partial charge in [0.1, 0.15) is 6.33 Å². The first-order valence-corrected chi connectivity index (χ1v) is 13.5. The fraction of sp³-hybridized carbons (Fsp3) is 0.333. The number of anilines is 1. The number of likely N-dealkylation sites (N-methyl/N-ethyl adjacent to an activating group) is 1. The summed E-state index contributed by atoms with van der Waals surface area (Å²) in [6, 6.07) is 12.2. The number of piperazine rings is 1. The zero-order valence-electron chi connectivity index (χ0n) is 20.2. The summed E-state index contributed by atoms with van der Waals surface area (Å²) in [7, 11) is 2.15. The highest BCUT2D eigenvalue weighted by Gasteiger charge is 2.27. The van der Waals surface area contributed by atoms with E-state index in [-0.39, 0.29) is 5.91 Å². The van der Waals surface area contributed by atoms with E-state index in [0.717, 1.165) is 95.7 Å². The van der Waals surface area contributed by atoms with E-state index in [1.165, 1.54) is 11.8 Å². The molecule has 6 rings (SSSR count). The van der Waals surface area contributed by atoms with Crippen LogP contribution in [0.3, 0.4) is 0 Å². The van der Waals surface area contributed by atoms with Gasteiger partial charge in [-0.1, -0.05) is 23.7 Å². The van der Waals surface area contributed by atoms with Gasteiger partial charge in [0.15, 0.2) is 5.17 Å². The molecule has 0 saturated carbocycles. The van der Waals surface area contributed by atoms with Crippen LogP contribution in [0.4, 0.5) is 5.69 Å². The molecule has 3 aromatic rings. The van der Waals surface area contributed by atoms with Crippen molar-refractivity contribution in [2.24, 2.45) is 4.99 Å². The topological polar surface area (TPSA) is 64.9 Å². The number of likely N-dealkylation sites (tertiary alicyclic amines) is 1. The average Bonchev–Trinajstić information content (AvgIpc) is 3.55. The van der Waals surface area contributed by atoms with Crippen LogP contribution in [0.15, 0.2) is 52.6 Å². The second-order valence-corrected chi connectivity index (χ2v) is 10.9. The lowest BCUT2D eigenvalue weighted by atomic mass is 10.0. The third kappa shape index (κ3) is 4.61. The zero-order valence-corrected chi connectivity index (χ0v) is 21.7. The van der Waals surface area contributed by atoms with Crippen molar-refractivity contribution in [2.45, 2.75) is 12.8 Å². The van der Waals surface area contributed by atoms with Crippen LogP contribution in [0.5, 0.6) is 0 Å². The lowest BCUT2D eigenvalue weighted by Crippen LogP contribution is -2.44. The molecule has 184 valence electrons. The summed E-state index contributed by atoms with van der Waals surface area (Å²) >= 11 is 8.23. The predicted octanol–water partition coefficient (Wildman–Crippen LogP) is 4.77. The van der Waals surface area contributed by atoms with Gasteiger partial charge < -0.3 is 14.7 Å². The number of aromatic nitrogens is 2. The molecular weight excluding hydrogens is 492 g/mol. The van der Waals surface area contributed by atoms with Crippen LogP contribution in [0, 0.1) is 0 Å². The summed E-state index contributed by atoms with van der Waals surface area (Å²) in [6.07, 6.45) is 5.81. The number of benzene rings is 2. The molecule has 2 fully saturated rings. The molecule has 36 heavy (non-hydrogen) atoms. The Morgan fingerprint density at radius 1 is 0.944 bits per heavy atom. The molecule has 2 aromatic carbocycles. The molecule has 0 radical (unpaired) electrons. The maximum atomic E-state index is 12.6. The van der Waals surface area contributed by atoms with Gasteiger partial charge in [0, 0.05) is 50.2 Å². The van der Waals surface area contributed by atoms with Crippen LogP contribution >= 0.6 is 23.4 Å². The molecule has 3 aliphatic heterocycles. The van der Waals surface area contributed by atoms with Crippen LogP contribution in [-0.4, -0.2) is 77.2 Å². The lowest BCUT2D eigenvalue weighted by molar-refractivity contribution is -0.113. The Balaban J connectivity index is 1.30. The summed E-state index contributed by atoms with van der Waals surface area (Å²) in [5.74, 6) is -0.169. The van der Waals surface area contributed by atoms with E-state index in [1.54, 1.807) is 6.33 Å². The van der Waals surface area contributed by atoms with Gasteiger partial charge in [-0.25, -0.2) is 9.97 Å². The van der Waals surface area contributed by atoms with E-state index in [0.29, 0.717) is 4.91 Å². The molecule has 0 N–H and O–H groups in total. The summed E-state index contributed by atoms with van der Waals surface area (Å²) in [5.41, 5.74) is 4.60. The first-order chi connectivity index (χ1) is 17.5. The number of hydrogen-bond donors (Lipinski definition) is 0. The van der Waals surface area contributed by atoms with Crippen molar-refractivity contribution in [3.05, 3.63) is 58.2 Å². The van der Waals surface area contributed by atoms with Crippen molar-refractivity contribution in [2.75, 3.05) is 51.2 Å². The highest BCUT2D eigenvalue weighted by molar-refractivity contribution is 8.18. The average molecular weight is 519 g/mol. The van der Waals surface area contributed by atoms with E-state index in [4.69, 9.17) is 11.6 Å². The Labute approximate surface area is 219 Å². The molecular formula is C27H27ClN6OS. The molecule has 0 unspecified atom stereocenters. The second kappa shape index (κ2) is 9.84. The van der Waals surface area contributed by atoms with E-state index in [9.17, 15) is 4.79 Å². The predicted molar refractivity (Wildman–Crippen MR) is 149 cm³/mol. The number of carbonyl (C=O) groups excluding carboxylic acids is 1. The third-order valence-electron chi connectivity index (χ3n) is 7.01. The minimum Gasteiger partial charge on any atom is -0.368 e. The number of thioether (sulfide) groups is 1. The molecule has 0 bridgehead atoms. The Kier molecular flexibility index (Phi) is 6.41. The van der Waals surface area contributed by atoms with Crippen LogP contribution < -0.4 is 4.90 Å². The second-order valence-electron chi connectivity index (χ2n) is 9.46. The van der Waals surface area contributed by atoms with Crippen molar-refractivity contribution >= 4 is 57.1 Å². The largest absolute Gasteiger partial charge is 0.368 e. The monoisotopic (exact) mass is 518 g/mol. The fourth-order valence-corrected chi connectivity index (χ4v) is 6.21. The highest BCUT2D eigenvalue weighted by atomic mass is 35.5. The van der Waals surface area contributed by atoms with E-state index < -0.39 is 0 Å². The smallest absolute Gasteiger partial charge is 0.286 e. The normalized spacial score (nSPS) is 20.1. The molecule has 3 aliphatic rings. The number of nitrogens with zero attached hydrogens (tertiary/aromatic N) is 6. The number of amides is 1. The maximum Gasteiger partial charge on any atom is 0.286 e. The van der Waals surface area contributed by atoms with Crippen LogP contribution in [0.1, 0.15) is 18.4 Å². The van der Waals surface area contributed by atoms with Gasteiger partial charge >= 0.3 is 0 Å². The Morgan fingerprint density at radius 2 is 1.75 bits per heavy atom. The van der Waals surface area contributed by atoms with Crippen molar-refractivity contribution < 1.29 is 4.79 Å². The molecule has 9 heteroatoms. The van der Waals surface area contributed by atoms with Gasteiger partial charge in [0.05, 0.1) is 26.8 Å². The molecule has 1 amide bonds. The quantitative estimate of drug-likeness (QED) is 0.463. The van der Waals surface area contributed by atoms with Gasteiger partial charge in [0.25, 0.3) is 5.91 Å². The first kappa shape index (κ1) is 23.5. The number of halogens is 1. The van der Waals surface area contributed by atoms with Crippen molar-refractivity contribution in [1.82, 2.24) is 19.8 Å². The summed E-state index contributed by atoms with van der Waals surface area (Å²) in [6.45, 7) is 5.92. The molecule has 4 heterocycles. The Morgan fingerprint density at radius 3 is 2.53 bits per heavy atom. The van der Waals surface area contributed by atoms with Crippen molar-refractivity contribution in [3.63, 3.8) is 0 Å². The molecule has 0 spiro atoms. The number of amidine groups is 1. The van der Waals surface area contributed by atoms with Gasteiger partial charge in [-0.2, -0.15) is 4.99 Å². The molecule has 0 aliphatic carbocycles. The minimum atomic E-state index is -0.169. The van der Waals surface area contributed by atoms with Crippen LogP contribution in [0.2, 0.25) is 5.02 Å². The van der Waals surface area contributed by atoms with Crippen LogP contribution in [0.25, 0.3) is 28.2 Å². The van der Waals surface area contributed by atoms with Crippen molar-refractivity contribution in [1.29, 1.82) is 0 Å². The Bertz CT molecular complexity index is 1390. The minimum absolute atomic E-state index is 0.169. The SMILES string of the molecule is CN1CCN(c2ccc(-c3ncnc4ccc(C=C5SC(N6CCCC6)=NC5=O)cc34)cc2Cl)CC1. The molecule has 7 nitrogen and oxygen atoms in total. The van der Waals surface area contributed by atoms with E-state index in [1.807, 2.05) is 30.3 Å². The highest BCUT2D eigenvalue weighted by Crippen LogP contribution is 2.35. The lowest BCUT2D eigenvalue weighted by Gasteiger charge is -2.34. The number of fused-ring (bicyclic) bond motifs is 1. The zero-order chi connectivity index (χ0) is 24.6. The van der Waals surface area contributed by atoms with Crippen molar-refractivity contribution in [3.8, 4) is 11.3 Å². The molecule has 2 saturated heterocycles. The molecule has 1 aromatic heterocycles. The Hall–Kier alpha value is -2.94. The number of carbonyl (C=O) groups is 1. The van der Waals surface area contributed by atoms with Gasteiger partial charge in [-0.05, 0) is 67.6 Å². The summed E-state index contributed by atoms with van der Waals surface area (Å²) < 4.78 is 0. The first-order valence-electron chi connectivity index (χ1n) is 12.3. The number of aliphatic imine (C=N–C) groups is 1. The summed E-state index contributed by atoms with van der Waals surface area (Å²) in [4.78, 5) is 33.4. The van der Waals surface area contributed by atoms with Crippen LogP contribution in [-0.2, 0) is 4.79 Å². The molecule has 0 atom stereocenters. The number of rotatable bonds is 3. The van der Waals surface area contributed by atoms with E-state index >= 15 is 0 Å². The van der Waals surface area contributed by atoms with Gasteiger partial charge in [-0.15, -0.1) is 0 Å². The van der Waals surface area contributed by atoms with E-state index in [2.05, 4.69) is 48.8 Å². The van der Waals surface area contributed by atoms with Gasteiger partial charge in [-0.3, -0.25) is 4.79 Å². The number of hydrogen-bond acceptors (Lipinski definition) is 7. The standard InChI is InChI=1S/C27H27ClN6OS/c1-32-10-12-33(13-11-32)23-7-5-19(16-21(23)28)25-20-14-18(4-6-22(20)29-17-30-25)15-24-26(35)31-27(36-24)34-8-2-3-9-34/h4-7,14-17H,2-3,8-13H2,1H3. The fourth-order valence-electron chi connectivity index (χ4n) is 4.95. The summed E-state index contributed by atoms with van der Waals surface area (Å²) in [5, 5.41) is 2.47. The van der Waals surface area contributed by atoms with Gasteiger partial charge in [0.2, 0.25) is 0 Å². The third-order valence-corrected chi connectivity index (χ3v) is 8.36.